The number of nitrogens with two attached hydrogens (primary N) is 1. The third kappa shape index (κ3) is 3.20. The van der Waals surface area contributed by atoms with E-state index in [0.717, 1.165) is 12.8 Å². The number of hydrogen-bond donors (Lipinski definition) is 2. The van der Waals surface area contributed by atoms with Crippen LogP contribution in [0.15, 0.2) is 0 Å². The molecule has 16 heavy (non-hydrogen) atoms. The fourth-order valence-corrected chi connectivity index (χ4v) is 2.00. The van der Waals surface area contributed by atoms with E-state index in [4.69, 9.17) is 5.73 Å². The first-order valence-electron chi connectivity index (χ1n) is 5.65. The molecule has 1 aliphatic rings. The minimum atomic E-state index is -0.521. The van der Waals surface area contributed by atoms with Gasteiger partial charge in [-0.2, -0.15) is 0 Å². The number of hydrogen-bond acceptors (Lipinski definition) is 3. The lowest BCUT2D eigenvalue weighted by atomic mass is 10.0. The Bertz CT molecular complexity index is 283. The van der Waals surface area contributed by atoms with Crippen LogP contribution in [0.25, 0.3) is 0 Å². The predicted molar refractivity (Wildman–Crippen MR) is 61.7 cm³/mol. The van der Waals surface area contributed by atoms with Crippen LogP contribution in [0.4, 0.5) is 0 Å². The molecule has 0 radical (unpaired) electrons. The minimum absolute atomic E-state index is 0.0291. The summed E-state index contributed by atoms with van der Waals surface area (Å²) < 4.78 is 0. The second-order valence-corrected chi connectivity index (χ2v) is 5.02. The molecule has 0 aromatic heterocycles. The molecule has 0 spiro atoms. The van der Waals surface area contributed by atoms with Crippen molar-refractivity contribution in [2.45, 2.75) is 44.7 Å². The Hall–Kier alpha value is -1.10. The highest BCUT2D eigenvalue weighted by molar-refractivity contribution is 5.88. The van der Waals surface area contributed by atoms with Crippen LogP contribution in [0.2, 0.25) is 0 Å². The molecule has 1 saturated heterocycles. The van der Waals surface area contributed by atoms with Crippen LogP contribution in [-0.2, 0) is 9.59 Å². The number of likely N-dealkylation sites (tertiary alicyclic amines) is 1. The van der Waals surface area contributed by atoms with Crippen molar-refractivity contribution in [1.29, 1.82) is 0 Å². The molecule has 5 heteroatoms. The Morgan fingerprint density at radius 1 is 1.50 bits per heavy atom. The van der Waals surface area contributed by atoms with Crippen molar-refractivity contribution >= 4 is 11.8 Å². The zero-order valence-corrected chi connectivity index (χ0v) is 10.2. The molecular formula is C11H21N3O2. The van der Waals surface area contributed by atoms with Gasteiger partial charge < -0.3 is 16.0 Å². The van der Waals surface area contributed by atoms with Gasteiger partial charge in [0.15, 0.2) is 0 Å². The molecule has 1 unspecified atom stereocenters. The van der Waals surface area contributed by atoms with Gasteiger partial charge in [0.25, 0.3) is 0 Å². The maximum atomic E-state index is 12.0. The third-order valence-corrected chi connectivity index (χ3v) is 2.73. The van der Waals surface area contributed by atoms with Gasteiger partial charge in [0.2, 0.25) is 11.8 Å². The first-order chi connectivity index (χ1) is 7.35. The first-order valence-corrected chi connectivity index (χ1v) is 5.65. The van der Waals surface area contributed by atoms with E-state index >= 15 is 0 Å². The lowest BCUT2D eigenvalue weighted by molar-refractivity contribution is -0.139. The Labute approximate surface area is 96.4 Å². The maximum Gasteiger partial charge on any atom is 0.242 e. The van der Waals surface area contributed by atoms with Crippen molar-refractivity contribution in [1.82, 2.24) is 10.2 Å². The second kappa shape index (κ2) is 4.82. The molecule has 0 aromatic carbocycles. The van der Waals surface area contributed by atoms with E-state index in [1.54, 1.807) is 11.9 Å². The Kier molecular flexibility index (Phi) is 3.91. The predicted octanol–water partition coefficient (Wildman–Crippen LogP) is -0.149. The van der Waals surface area contributed by atoms with E-state index in [0.29, 0.717) is 6.54 Å². The standard InChI is InChI=1S/C11H21N3O2/c1-11(2,12)7-9(15)14-6-4-5-8(14)10(16)13-3/h8H,4-7,12H2,1-3H3,(H,13,16). The number of carbonyl (C=O) groups is 2. The lowest BCUT2D eigenvalue weighted by Gasteiger charge is -2.27. The monoisotopic (exact) mass is 227 g/mol. The number of carbonyl (C=O) groups excluding carboxylic acids is 2. The normalized spacial score (nSPS) is 21.0. The van der Waals surface area contributed by atoms with Crippen LogP contribution in [-0.4, -0.2) is 41.9 Å². The van der Waals surface area contributed by atoms with Crippen LogP contribution in [0.5, 0.6) is 0 Å². The molecule has 2 amide bonds. The summed E-state index contributed by atoms with van der Waals surface area (Å²) in [6.45, 7) is 4.29. The van der Waals surface area contributed by atoms with E-state index < -0.39 is 5.54 Å². The Morgan fingerprint density at radius 3 is 2.62 bits per heavy atom. The van der Waals surface area contributed by atoms with Crippen LogP contribution in [0.1, 0.15) is 33.1 Å². The van der Waals surface area contributed by atoms with Gasteiger partial charge in [0.1, 0.15) is 6.04 Å². The average Bonchev–Trinajstić information content (AvgIpc) is 2.62. The van der Waals surface area contributed by atoms with Crippen LogP contribution < -0.4 is 11.1 Å². The summed E-state index contributed by atoms with van der Waals surface area (Å²) in [4.78, 5) is 25.2. The quantitative estimate of drug-likeness (QED) is 0.704. The molecule has 0 aromatic rings. The fourth-order valence-electron chi connectivity index (χ4n) is 2.00. The van der Waals surface area contributed by atoms with Crippen molar-refractivity contribution in [2.24, 2.45) is 5.73 Å². The van der Waals surface area contributed by atoms with Crippen molar-refractivity contribution < 1.29 is 9.59 Å². The fraction of sp³-hybridized carbons (Fsp3) is 0.818. The topological polar surface area (TPSA) is 75.4 Å². The molecule has 1 atom stereocenters. The lowest BCUT2D eigenvalue weighted by Crippen LogP contribution is -2.48. The number of rotatable bonds is 3. The van der Waals surface area contributed by atoms with Gasteiger partial charge in [-0.15, -0.1) is 0 Å². The number of amides is 2. The van der Waals surface area contributed by atoms with Gasteiger partial charge in [0, 0.05) is 25.6 Å². The Morgan fingerprint density at radius 2 is 2.12 bits per heavy atom. The molecular weight excluding hydrogens is 206 g/mol. The van der Waals surface area contributed by atoms with Gasteiger partial charge >= 0.3 is 0 Å². The SMILES string of the molecule is CNC(=O)C1CCCN1C(=O)CC(C)(C)N. The highest BCUT2D eigenvalue weighted by Gasteiger charge is 2.34. The van der Waals surface area contributed by atoms with E-state index in [2.05, 4.69) is 5.32 Å². The first kappa shape index (κ1) is 13.0. The summed E-state index contributed by atoms with van der Waals surface area (Å²) in [5.41, 5.74) is 5.29. The summed E-state index contributed by atoms with van der Waals surface area (Å²) in [7, 11) is 1.59. The highest BCUT2D eigenvalue weighted by Crippen LogP contribution is 2.20. The minimum Gasteiger partial charge on any atom is -0.357 e. The highest BCUT2D eigenvalue weighted by atomic mass is 16.2. The van der Waals surface area contributed by atoms with Gasteiger partial charge in [0.05, 0.1) is 0 Å². The second-order valence-electron chi connectivity index (χ2n) is 5.02. The molecule has 3 N–H and O–H groups in total. The van der Waals surface area contributed by atoms with Gasteiger partial charge in [-0.3, -0.25) is 9.59 Å². The van der Waals surface area contributed by atoms with Crippen LogP contribution >= 0.6 is 0 Å². The van der Waals surface area contributed by atoms with Gasteiger partial charge in [-0.1, -0.05) is 0 Å². The Balaban J connectivity index is 2.65. The van der Waals surface area contributed by atoms with Crippen molar-refractivity contribution in [2.75, 3.05) is 13.6 Å². The molecule has 0 bridgehead atoms. The molecule has 1 fully saturated rings. The summed E-state index contributed by atoms with van der Waals surface area (Å²) in [6.07, 6.45) is 1.91. The van der Waals surface area contributed by atoms with Gasteiger partial charge in [-0.25, -0.2) is 0 Å². The summed E-state index contributed by atoms with van der Waals surface area (Å²) >= 11 is 0. The van der Waals surface area contributed by atoms with E-state index in [1.165, 1.54) is 0 Å². The zero-order valence-electron chi connectivity index (χ0n) is 10.2. The largest absolute Gasteiger partial charge is 0.357 e. The average molecular weight is 227 g/mol. The number of nitrogens with one attached hydrogen (secondary N) is 1. The van der Waals surface area contributed by atoms with E-state index in [9.17, 15) is 9.59 Å². The molecule has 1 aliphatic heterocycles. The number of likely N-dealkylation sites (N-methyl/N-ethyl adjacent to an activating group) is 1. The van der Waals surface area contributed by atoms with Crippen molar-refractivity contribution in [3.05, 3.63) is 0 Å². The molecule has 1 heterocycles. The van der Waals surface area contributed by atoms with Gasteiger partial charge in [-0.05, 0) is 26.7 Å². The summed E-state index contributed by atoms with van der Waals surface area (Å²) in [6, 6.07) is -0.306. The molecule has 92 valence electrons. The summed E-state index contributed by atoms with van der Waals surface area (Å²) in [5, 5.41) is 2.59. The zero-order chi connectivity index (χ0) is 12.3. The number of nitrogens with zero attached hydrogens (tertiary/aromatic N) is 1. The van der Waals surface area contributed by atoms with Crippen molar-refractivity contribution in [3.8, 4) is 0 Å². The molecule has 5 nitrogen and oxygen atoms in total. The van der Waals surface area contributed by atoms with Crippen molar-refractivity contribution in [3.63, 3.8) is 0 Å². The molecule has 0 saturated carbocycles. The van der Waals surface area contributed by atoms with Crippen LogP contribution in [0.3, 0.4) is 0 Å². The smallest absolute Gasteiger partial charge is 0.242 e. The molecule has 0 aliphatic carbocycles. The summed E-state index contributed by atoms with van der Waals surface area (Å²) in [5.74, 6) is -0.112. The molecule has 1 rings (SSSR count). The van der Waals surface area contributed by atoms with E-state index in [1.807, 2.05) is 13.8 Å². The maximum absolute atomic E-state index is 12.0. The van der Waals surface area contributed by atoms with E-state index in [-0.39, 0.29) is 24.3 Å². The third-order valence-electron chi connectivity index (χ3n) is 2.73. The van der Waals surface area contributed by atoms with Crippen LogP contribution in [0, 0.1) is 0 Å².